The highest BCUT2D eigenvalue weighted by molar-refractivity contribution is 5.91. The van der Waals surface area contributed by atoms with Gasteiger partial charge in [0.1, 0.15) is 18.0 Å². The van der Waals surface area contributed by atoms with E-state index >= 15 is 0 Å². The molecule has 2 aromatic heterocycles. The summed E-state index contributed by atoms with van der Waals surface area (Å²) in [7, 11) is 0. The average molecular weight is 501 g/mol. The smallest absolute Gasteiger partial charge is 0.307 e. The van der Waals surface area contributed by atoms with Crippen molar-refractivity contribution in [1.29, 1.82) is 0 Å². The molecule has 1 saturated heterocycles. The normalized spacial score (nSPS) is 17.0. The number of fused-ring (bicyclic) bond motifs is 1. The van der Waals surface area contributed by atoms with Crippen LogP contribution in [0, 0.1) is 19.3 Å². The zero-order valence-corrected chi connectivity index (χ0v) is 22.2. The SMILES string of the molecule is Cc1cc(N2CCc3cc(-c4c(N)nc(C)c(CC(=O)O)c4N4CCC(C)(C)CC4)ccc3C2)ncn1. The van der Waals surface area contributed by atoms with Gasteiger partial charge in [0.25, 0.3) is 0 Å². The fourth-order valence-corrected chi connectivity index (χ4v) is 5.60. The first-order chi connectivity index (χ1) is 17.6. The number of anilines is 3. The van der Waals surface area contributed by atoms with Crippen LogP contribution in [0.4, 0.5) is 17.3 Å². The van der Waals surface area contributed by atoms with Crippen LogP contribution in [-0.4, -0.2) is 45.7 Å². The van der Waals surface area contributed by atoms with Crippen molar-refractivity contribution in [2.45, 2.75) is 59.9 Å². The van der Waals surface area contributed by atoms with Gasteiger partial charge in [-0.3, -0.25) is 4.79 Å². The molecular formula is C29H36N6O2. The Morgan fingerprint density at radius 1 is 1.05 bits per heavy atom. The number of rotatable bonds is 5. The number of aryl methyl sites for hydroxylation is 2. The van der Waals surface area contributed by atoms with Crippen molar-refractivity contribution in [3.63, 3.8) is 0 Å². The maximum absolute atomic E-state index is 11.9. The summed E-state index contributed by atoms with van der Waals surface area (Å²) in [5.41, 5.74) is 14.6. The average Bonchev–Trinajstić information content (AvgIpc) is 2.85. The molecule has 37 heavy (non-hydrogen) atoms. The van der Waals surface area contributed by atoms with E-state index in [9.17, 15) is 9.90 Å². The fraction of sp³-hybridized carbons (Fsp3) is 0.448. The maximum Gasteiger partial charge on any atom is 0.307 e. The molecule has 194 valence electrons. The van der Waals surface area contributed by atoms with Gasteiger partial charge in [-0.25, -0.2) is 15.0 Å². The number of piperidine rings is 1. The van der Waals surface area contributed by atoms with E-state index in [1.54, 1.807) is 6.33 Å². The third-order valence-corrected chi connectivity index (χ3v) is 7.89. The largest absolute Gasteiger partial charge is 0.481 e. The van der Waals surface area contributed by atoms with Crippen LogP contribution in [0.25, 0.3) is 11.1 Å². The first-order valence-electron chi connectivity index (χ1n) is 13.0. The minimum atomic E-state index is -0.857. The van der Waals surface area contributed by atoms with Crippen LogP contribution in [0.3, 0.4) is 0 Å². The molecule has 0 unspecified atom stereocenters. The Hall–Kier alpha value is -3.68. The molecule has 0 bridgehead atoms. The number of hydrogen-bond donors (Lipinski definition) is 2. The van der Waals surface area contributed by atoms with Gasteiger partial charge >= 0.3 is 5.97 Å². The summed E-state index contributed by atoms with van der Waals surface area (Å²) in [4.78, 5) is 29.8. The number of carboxylic acids is 1. The number of benzene rings is 1. The summed E-state index contributed by atoms with van der Waals surface area (Å²) in [6, 6.07) is 8.53. The standard InChI is InChI=1S/C29H36N6O2/c1-18-13-24(32-17-31-18)35-10-7-20-14-21(5-6-22(20)16-35)26-27(34-11-8-29(3,4)9-12-34)23(15-25(36)37)19(2)33-28(26)30/h5-6,13-14,17H,7-12,15-16H2,1-4H3,(H2,30,33)(H,36,37). The summed E-state index contributed by atoms with van der Waals surface area (Å²) in [5.74, 6) is 0.549. The van der Waals surface area contributed by atoms with Crippen LogP contribution in [0.15, 0.2) is 30.6 Å². The molecule has 0 amide bonds. The number of aliphatic carboxylic acids is 1. The molecule has 8 nitrogen and oxygen atoms in total. The molecule has 8 heteroatoms. The molecule has 2 aliphatic rings. The summed E-state index contributed by atoms with van der Waals surface area (Å²) in [6.07, 6.45) is 4.53. The number of hydrogen-bond acceptors (Lipinski definition) is 7. The van der Waals surface area contributed by atoms with E-state index in [1.807, 2.05) is 19.9 Å². The molecule has 1 fully saturated rings. The van der Waals surface area contributed by atoms with Crippen molar-refractivity contribution < 1.29 is 9.90 Å². The third-order valence-electron chi connectivity index (χ3n) is 7.89. The molecule has 0 atom stereocenters. The van der Waals surface area contributed by atoms with Gasteiger partial charge in [-0.15, -0.1) is 0 Å². The van der Waals surface area contributed by atoms with Gasteiger partial charge < -0.3 is 20.6 Å². The minimum Gasteiger partial charge on any atom is -0.481 e. The van der Waals surface area contributed by atoms with E-state index < -0.39 is 5.97 Å². The zero-order valence-electron chi connectivity index (χ0n) is 22.2. The Balaban J connectivity index is 1.55. The second-order valence-corrected chi connectivity index (χ2v) is 11.2. The van der Waals surface area contributed by atoms with Crippen molar-refractivity contribution in [2.24, 2.45) is 5.41 Å². The zero-order chi connectivity index (χ0) is 26.3. The fourth-order valence-electron chi connectivity index (χ4n) is 5.60. The van der Waals surface area contributed by atoms with Gasteiger partial charge in [-0.2, -0.15) is 0 Å². The Morgan fingerprint density at radius 2 is 1.81 bits per heavy atom. The lowest BCUT2D eigenvalue weighted by Crippen LogP contribution is -2.38. The van der Waals surface area contributed by atoms with Gasteiger partial charge in [0.15, 0.2) is 0 Å². The highest BCUT2D eigenvalue weighted by Gasteiger charge is 2.31. The van der Waals surface area contributed by atoms with Gasteiger partial charge in [-0.05, 0) is 55.2 Å². The third kappa shape index (κ3) is 5.10. The number of nitrogens with zero attached hydrogens (tertiary/aromatic N) is 5. The molecule has 2 aliphatic heterocycles. The van der Waals surface area contributed by atoms with E-state index in [4.69, 9.17) is 5.73 Å². The number of aromatic nitrogens is 3. The summed E-state index contributed by atoms with van der Waals surface area (Å²) in [5, 5.41) is 9.73. The molecule has 0 spiro atoms. The highest BCUT2D eigenvalue weighted by atomic mass is 16.4. The van der Waals surface area contributed by atoms with Crippen molar-refractivity contribution in [3.05, 3.63) is 58.7 Å². The Bertz CT molecular complexity index is 1340. The van der Waals surface area contributed by atoms with Crippen molar-refractivity contribution in [1.82, 2.24) is 15.0 Å². The lowest BCUT2D eigenvalue weighted by Gasteiger charge is -2.40. The molecule has 1 aromatic carbocycles. The summed E-state index contributed by atoms with van der Waals surface area (Å²) in [6.45, 7) is 11.8. The maximum atomic E-state index is 11.9. The van der Waals surface area contributed by atoms with Crippen molar-refractivity contribution >= 4 is 23.3 Å². The molecule has 4 heterocycles. The predicted octanol–water partition coefficient (Wildman–Crippen LogP) is 4.55. The van der Waals surface area contributed by atoms with E-state index in [0.717, 1.165) is 79.3 Å². The Labute approximate surface area is 218 Å². The first kappa shape index (κ1) is 25.0. The number of nitrogen functional groups attached to an aromatic ring is 1. The lowest BCUT2D eigenvalue weighted by atomic mass is 9.82. The lowest BCUT2D eigenvalue weighted by molar-refractivity contribution is -0.136. The van der Waals surface area contributed by atoms with Crippen LogP contribution in [0.1, 0.15) is 54.8 Å². The van der Waals surface area contributed by atoms with Crippen LogP contribution in [0.5, 0.6) is 0 Å². The topological polar surface area (TPSA) is 108 Å². The van der Waals surface area contributed by atoms with E-state index in [0.29, 0.717) is 11.5 Å². The van der Waals surface area contributed by atoms with E-state index in [1.165, 1.54) is 11.1 Å². The summed E-state index contributed by atoms with van der Waals surface area (Å²) < 4.78 is 0. The van der Waals surface area contributed by atoms with Gasteiger partial charge in [-0.1, -0.05) is 32.0 Å². The molecule has 3 N–H and O–H groups in total. The second kappa shape index (κ2) is 9.65. The molecule has 0 saturated carbocycles. The monoisotopic (exact) mass is 500 g/mol. The molecular weight excluding hydrogens is 464 g/mol. The molecule has 5 rings (SSSR count). The molecule has 0 radical (unpaired) electrons. The minimum absolute atomic E-state index is 0.0699. The second-order valence-electron chi connectivity index (χ2n) is 11.2. The molecule has 3 aromatic rings. The van der Waals surface area contributed by atoms with Crippen molar-refractivity contribution in [2.75, 3.05) is 35.2 Å². The van der Waals surface area contributed by atoms with E-state index in [-0.39, 0.29) is 11.8 Å². The van der Waals surface area contributed by atoms with Crippen molar-refractivity contribution in [3.8, 4) is 11.1 Å². The summed E-state index contributed by atoms with van der Waals surface area (Å²) >= 11 is 0. The highest BCUT2D eigenvalue weighted by Crippen LogP contribution is 2.43. The van der Waals surface area contributed by atoms with Crippen LogP contribution in [0.2, 0.25) is 0 Å². The van der Waals surface area contributed by atoms with Gasteiger partial charge in [0, 0.05) is 54.8 Å². The van der Waals surface area contributed by atoms with E-state index in [2.05, 4.69) is 56.8 Å². The van der Waals surface area contributed by atoms with Crippen LogP contribution < -0.4 is 15.5 Å². The Kier molecular flexibility index (Phi) is 6.52. The number of carbonyl (C=O) groups is 1. The van der Waals surface area contributed by atoms with Gasteiger partial charge in [0.2, 0.25) is 0 Å². The number of carboxylic acid groups (broad SMARTS) is 1. The number of nitrogens with two attached hydrogens (primary N) is 1. The predicted molar refractivity (Wildman–Crippen MR) is 147 cm³/mol. The first-order valence-corrected chi connectivity index (χ1v) is 13.0. The quantitative estimate of drug-likeness (QED) is 0.525. The van der Waals surface area contributed by atoms with Crippen LogP contribution >= 0.6 is 0 Å². The van der Waals surface area contributed by atoms with Crippen LogP contribution in [-0.2, 0) is 24.2 Å². The van der Waals surface area contributed by atoms with Gasteiger partial charge in [0.05, 0.1) is 12.1 Å². The molecule has 0 aliphatic carbocycles. The number of pyridine rings is 1. The Morgan fingerprint density at radius 3 is 2.51 bits per heavy atom.